The van der Waals surface area contributed by atoms with Crippen LogP contribution >= 0.6 is 0 Å². The number of hydrogen-bond donors (Lipinski definition) is 0. The summed E-state index contributed by atoms with van der Waals surface area (Å²) in [5, 5.41) is 0. The van der Waals surface area contributed by atoms with Crippen molar-refractivity contribution in [1.29, 1.82) is 0 Å². The van der Waals surface area contributed by atoms with Gasteiger partial charge in [-0.1, -0.05) is 13.8 Å². The van der Waals surface area contributed by atoms with Crippen LogP contribution in [0.3, 0.4) is 0 Å². The molecule has 1 aliphatic rings. The Morgan fingerprint density at radius 1 is 1.17 bits per heavy atom. The van der Waals surface area contributed by atoms with Crippen molar-refractivity contribution in [3.05, 3.63) is 0 Å². The molecule has 0 aliphatic heterocycles. The van der Waals surface area contributed by atoms with Gasteiger partial charge in [-0.05, 0) is 18.3 Å². The summed E-state index contributed by atoms with van der Waals surface area (Å²) in [6.45, 7) is 4.60. The molecular formula is C5H10Sn. The molecule has 0 unspecified atom stereocenters. The molecule has 0 aromatic carbocycles. The molecule has 4 radical (unpaired) electrons. The number of rotatable bonds is 0. The van der Waals surface area contributed by atoms with Crippen molar-refractivity contribution in [1.82, 2.24) is 0 Å². The fraction of sp³-hybridized carbons (Fsp3) is 1.00. The van der Waals surface area contributed by atoms with Gasteiger partial charge in [0.25, 0.3) is 0 Å². The van der Waals surface area contributed by atoms with Crippen LogP contribution in [-0.4, -0.2) is 23.9 Å². The van der Waals surface area contributed by atoms with Crippen molar-refractivity contribution in [3.63, 3.8) is 0 Å². The Hall–Kier alpha value is 0.799. The molecule has 0 saturated heterocycles. The smallest absolute Gasteiger partial charge is 0 e. The van der Waals surface area contributed by atoms with Crippen molar-refractivity contribution in [2.45, 2.75) is 26.7 Å². The van der Waals surface area contributed by atoms with Crippen molar-refractivity contribution < 1.29 is 0 Å². The van der Waals surface area contributed by atoms with Gasteiger partial charge in [0.15, 0.2) is 0 Å². The fourth-order valence-corrected chi connectivity index (χ4v) is 0.250. The normalized spacial score (nSPS) is 25.0. The zero-order chi connectivity index (χ0) is 3.91. The first kappa shape index (κ1) is 6.80. The van der Waals surface area contributed by atoms with Crippen LogP contribution in [0.5, 0.6) is 0 Å². The van der Waals surface area contributed by atoms with Crippen molar-refractivity contribution in [3.8, 4) is 0 Å². The van der Waals surface area contributed by atoms with E-state index < -0.39 is 0 Å². The Morgan fingerprint density at radius 2 is 1.33 bits per heavy atom. The van der Waals surface area contributed by atoms with E-state index in [1.165, 1.54) is 12.8 Å². The molecule has 34 valence electrons. The zero-order valence-electron chi connectivity index (χ0n) is 4.41. The van der Waals surface area contributed by atoms with Crippen molar-refractivity contribution in [2.24, 2.45) is 5.41 Å². The largest absolute Gasteiger partial charge is 0.0599 e. The average molecular weight is 189 g/mol. The predicted molar refractivity (Wildman–Crippen MR) is 28.8 cm³/mol. The standard InChI is InChI=1S/C5H10.Sn/c1-5(2)3-4-5;/h3-4H2,1-2H3;. The predicted octanol–water partition coefficient (Wildman–Crippen LogP) is 1.43. The van der Waals surface area contributed by atoms with Crippen LogP contribution in [-0.2, 0) is 0 Å². The molecule has 0 bridgehead atoms. The molecule has 1 heteroatoms. The third kappa shape index (κ3) is 2.06. The van der Waals surface area contributed by atoms with Crippen molar-refractivity contribution >= 4 is 23.9 Å². The molecule has 0 aromatic rings. The van der Waals surface area contributed by atoms with E-state index in [2.05, 4.69) is 13.8 Å². The second-order valence-electron chi connectivity index (χ2n) is 2.66. The first-order valence-corrected chi connectivity index (χ1v) is 2.21. The van der Waals surface area contributed by atoms with E-state index in [0.717, 1.165) is 5.41 Å². The van der Waals surface area contributed by atoms with Gasteiger partial charge >= 0.3 is 0 Å². The van der Waals surface area contributed by atoms with Gasteiger partial charge in [0.2, 0.25) is 0 Å². The summed E-state index contributed by atoms with van der Waals surface area (Å²) >= 11 is 0. The molecule has 0 atom stereocenters. The van der Waals surface area contributed by atoms with Gasteiger partial charge in [-0.3, -0.25) is 0 Å². The molecule has 1 saturated carbocycles. The Kier molecular flexibility index (Phi) is 1.95. The van der Waals surface area contributed by atoms with E-state index in [4.69, 9.17) is 0 Å². The molecule has 6 heavy (non-hydrogen) atoms. The van der Waals surface area contributed by atoms with E-state index in [1.807, 2.05) is 0 Å². The maximum absolute atomic E-state index is 2.30. The Morgan fingerprint density at radius 3 is 1.33 bits per heavy atom. The minimum absolute atomic E-state index is 0. The minimum Gasteiger partial charge on any atom is -0.0599 e. The van der Waals surface area contributed by atoms with Crippen LogP contribution in [0, 0.1) is 5.41 Å². The SMILES string of the molecule is CC1(C)CC1.[Sn]. The molecule has 0 N–H and O–H groups in total. The monoisotopic (exact) mass is 190 g/mol. The van der Waals surface area contributed by atoms with Gasteiger partial charge in [0, 0.05) is 23.9 Å². The zero-order valence-corrected chi connectivity index (χ0v) is 7.27. The molecule has 1 fully saturated rings. The first-order valence-electron chi connectivity index (χ1n) is 2.21. The molecule has 1 aliphatic carbocycles. The second kappa shape index (κ2) is 1.72. The maximum atomic E-state index is 2.30. The summed E-state index contributed by atoms with van der Waals surface area (Å²) < 4.78 is 0. The van der Waals surface area contributed by atoms with Crippen LogP contribution in [0.15, 0.2) is 0 Å². The van der Waals surface area contributed by atoms with E-state index in [1.54, 1.807) is 0 Å². The van der Waals surface area contributed by atoms with E-state index in [0.29, 0.717) is 0 Å². The third-order valence-corrected chi connectivity index (χ3v) is 1.25. The van der Waals surface area contributed by atoms with Crippen molar-refractivity contribution in [2.75, 3.05) is 0 Å². The Bertz CT molecular complexity index is 41.9. The molecule has 0 amide bonds. The fourth-order valence-electron chi connectivity index (χ4n) is 0.250. The summed E-state index contributed by atoms with van der Waals surface area (Å²) in [7, 11) is 0. The Balaban J connectivity index is 0.000000250. The summed E-state index contributed by atoms with van der Waals surface area (Å²) in [5.74, 6) is 0. The molecule has 0 heterocycles. The quantitative estimate of drug-likeness (QED) is 0.505. The van der Waals surface area contributed by atoms with Gasteiger partial charge in [0.05, 0.1) is 0 Å². The molecule has 0 spiro atoms. The summed E-state index contributed by atoms with van der Waals surface area (Å²) in [4.78, 5) is 0. The van der Waals surface area contributed by atoms with Gasteiger partial charge in [-0.2, -0.15) is 0 Å². The van der Waals surface area contributed by atoms with Gasteiger partial charge < -0.3 is 0 Å². The maximum Gasteiger partial charge on any atom is 0 e. The van der Waals surface area contributed by atoms with Gasteiger partial charge in [0.1, 0.15) is 0 Å². The van der Waals surface area contributed by atoms with Crippen LogP contribution in [0.2, 0.25) is 0 Å². The van der Waals surface area contributed by atoms with E-state index in [9.17, 15) is 0 Å². The van der Waals surface area contributed by atoms with Gasteiger partial charge in [-0.15, -0.1) is 0 Å². The number of hydrogen-bond acceptors (Lipinski definition) is 0. The average Bonchev–Trinajstić information content (AvgIpc) is 1.76. The second-order valence-corrected chi connectivity index (χ2v) is 2.66. The summed E-state index contributed by atoms with van der Waals surface area (Å²) in [6, 6.07) is 0. The molecule has 1 rings (SSSR count). The van der Waals surface area contributed by atoms with Crippen LogP contribution in [0.25, 0.3) is 0 Å². The third-order valence-electron chi connectivity index (χ3n) is 1.25. The first-order chi connectivity index (χ1) is 2.21. The van der Waals surface area contributed by atoms with Crippen LogP contribution in [0.1, 0.15) is 26.7 Å². The molecule has 0 nitrogen and oxygen atoms in total. The van der Waals surface area contributed by atoms with Gasteiger partial charge in [-0.25, -0.2) is 0 Å². The topological polar surface area (TPSA) is 0 Å². The summed E-state index contributed by atoms with van der Waals surface area (Å²) in [5.41, 5.74) is 0.750. The van der Waals surface area contributed by atoms with E-state index in [-0.39, 0.29) is 23.9 Å². The summed E-state index contributed by atoms with van der Waals surface area (Å²) in [6.07, 6.45) is 2.90. The minimum atomic E-state index is 0. The van der Waals surface area contributed by atoms with Crippen LogP contribution in [0.4, 0.5) is 0 Å². The van der Waals surface area contributed by atoms with Crippen LogP contribution < -0.4 is 0 Å². The Labute approximate surface area is 56.3 Å². The van der Waals surface area contributed by atoms with E-state index >= 15 is 0 Å². The molecule has 0 aromatic heterocycles. The molecular weight excluding hydrogens is 179 g/mol.